The van der Waals surface area contributed by atoms with E-state index in [4.69, 9.17) is 18.9 Å². The number of carbonyl (C=O) groups is 3. The molecule has 0 aromatic heterocycles. The van der Waals surface area contributed by atoms with E-state index in [9.17, 15) is 34.8 Å². The molecule has 6 atom stereocenters. The van der Waals surface area contributed by atoms with Crippen LogP contribution >= 0.6 is 0 Å². The van der Waals surface area contributed by atoms with Crippen molar-refractivity contribution in [3.63, 3.8) is 0 Å². The van der Waals surface area contributed by atoms with Gasteiger partial charge in [-0.1, -0.05) is 115 Å². The molecule has 0 aromatic rings. The number of esters is 2. The van der Waals surface area contributed by atoms with Crippen LogP contribution in [0.1, 0.15) is 136 Å². The second-order valence-electron chi connectivity index (χ2n) is 12.7. The lowest BCUT2D eigenvalue weighted by molar-refractivity contribution is -0.298. The third-order valence-corrected chi connectivity index (χ3v) is 8.25. The smallest absolute Gasteiger partial charge is 0.335 e. The van der Waals surface area contributed by atoms with Gasteiger partial charge in [0.1, 0.15) is 24.9 Å². The summed E-state index contributed by atoms with van der Waals surface area (Å²) in [6.45, 7) is 3.62. The van der Waals surface area contributed by atoms with Crippen LogP contribution in [0, 0.1) is 0 Å². The zero-order chi connectivity index (χ0) is 36.1. The number of carboxylic acids is 1. The number of hydrogen-bond donors (Lipinski definition) is 4. The molecule has 1 fully saturated rings. The van der Waals surface area contributed by atoms with E-state index in [1.54, 1.807) is 0 Å². The number of rotatable bonds is 29. The van der Waals surface area contributed by atoms with Gasteiger partial charge in [-0.15, -0.1) is 0 Å². The summed E-state index contributed by atoms with van der Waals surface area (Å²) in [5.74, 6) is -2.49. The molecule has 6 unspecified atom stereocenters. The minimum absolute atomic E-state index is 0.177. The number of ether oxygens (including phenoxy) is 4. The summed E-state index contributed by atoms with van der Waals surface area (Å²) in [4.78, 5) is 36.5. The summed E-state index contributed by atoms with van der Waals surface area (Å²) in [6, 6.07) is 0. The number of unbranched alkanes of at least 4 members (excludes halogenated alkanes) is 12. The van der Waals surface area contributed by atoms with Crippen LogP contribution in [0.2, 0.25) is 0 Å². The van der Waals surface area contributed by atoms with Gasteiger partial charge in [-0.3, -0.25) is 9.59 Å². The molecule has 49 heavy (non-hydrogen) atoms. The van der Waals surface area contributed by atoms with Gasteiger partial charge < -0.3 is 39.4 Å². The van der Waals surface area contributed by atoms with Crippen LogP contribution in [-0.4, -0.2) is 88.4 Å². The molecule has 0 amide bonds. The van der Waals surface area contributed by atoms with Gasteiger partial charge in [0.05, 0.1) is 6.61 Å². The maximum Gasteiger partial charge on any atom is 0.335 e. The Morgan fingerprint density at radius 2 is 1.20 bits per heavy atom. The Hall–Kier alpha value is -2.57. The van der Waals surface area contributed by atoms with E-state index >= 15 is 0 Å². The van der Waals surface area contributed by atoms with Gasteiger partial charge in [0.25, 0.3) is 0 Å². The average Bonchev–Trinajstić information content (AvgIpc) is 3.08. The highest BCUT2D eigenvalue weighted by molar-refractivity contribution is 5.73. The van der Waals surface area contributed by atoms with Crippen LogP contribution in [0.4, 0.5) is 0 Å². The van der Waals surface area contributed by atoms with E-state index in [-0.39, 0.29) is 19.4 Å². The van der Waals surface area contributed by atoms with E-state index in [0.29, 0.717) is 12.8 Å². The molecule has 4 N–H and O–H groups in total. The van der Waals surface area contributed by atoms with Crippen molar-refractivity contribution in [3.05, 3.63) is 36.5 Å². The van der Waals surface area contributed by atoms with Gasteiger partial charge >= 0.3 is 17.9 Å². The first-order valence-electron chi connectivity index (χ1n) is 18.5. The maximum atomic E-state index is 12.6. The molecule has 11 nitrogen and oxygen atoms in total. The van der Waals surface area contributed by atoms with Crippen molar-refractivity contribution in [1.82, 2.24) is 0 Å². The first-order chi connectivity index (χ1) is 23.7. The summed E-state index contributed by atoms with van der Waals surface area (Å²) in [6.07, 6.45) is 20.8. The van der Waals surface area contributed by atoms with Gasteiger partial charge in [-0.2, -0.15) is 0 Å². The van der Waals surface area contributed by atoms with Gasteiger partial charge in [0.15, 0.2) is 18.5 Å². The Balaban J connectivity index is 2.49. The first kappa shape index (κ1) is 44.5. The standard InChI is InChI=1S/C38H64O11/c1-3-5-7-9-11-13-15-16-17-19-20-22-24-26-31(39)46-28-30(29-47-38-35(43)33(41)34(42)36(49-38)37(44)45)48-32(40)27-25-23-21-18-14-12-10-8-6-4-2/h5,7,11,13,16-17,30,33-36,38,41-43H,3-4,6,8-10,12,14-15,18-29H2,1-2H3,(H,44,45)/b7-5-,13-11-,17-16-. The fraction of sp³-hybridized carbons (Fsp3) is 0.763. The second kappa shape index (κ2) is 29.2. The molecule has 0 saturated carbocycles. The van der Waals surface area contributed by atoms with Crippen LogP contribution in [0.3, 0.4) is 0 Å². The van der Waals surface area contributed by atoms with Crippen molar-refractivity contribution in [2.45, 2.75) is 173 Å². The van der Waals surface area contributed by atoms with Crippen molar-refractivity contribution < 1.29 is 53.8 Å². The molecule has 0 bridgehead atoms. The van der Waals surface area contributed by atoms with Gasteiger partial charge in [-0.05, 0) is 44.9 Å². The third-order valence-electron chi connectivity index (χ3n) is 8.25. The summed E-state index contributed by atoms with van der Waals surface area (Å²) < 4.78 is 21.5. The number of aliphatic carboxylic acids is 1. The Labute approximate surface area is 293 Å². The Morgan fingerprint density at radius 1 is 0.653 bits per heavy atom. The predicted octanol–water partition coefficient (Wildman–Crippen LogP) is 6.47. The quantitative estimate of drug-likeness (QED) is 0.0384. The van der Waals surface area contributed by atoms with Crippen LogP contribution in [0.15, 0.2) is 36.5 Å². The SMILES string of the molecule is CC/C=C\C/C=C\C/C=C\CCCCCC(=O)OCC(COC1OC(C(=O)O)C(O)C(O)C1O)OC(=O)CCCCCCCCCCCC. The van der Waals surface area contributed by atoms with E-state index in [1.165, 1.54) is 38.5 Å². The fourth-order valence-electron chi connectivity index (χ4n) is 5.30. The Kier molecular flexibility index (Phi) is 26.5. The fourth-order valence-corrected chi connectivity index (χ4v) is 5.30. The van der Waals surface area contributed by atoms with Crippen LogP contribution in [0.25, 0.3) is 0 Å². The number of aliphatic hydroxyl groups is 3. The second-order valence-corrected chi connectivity index (χ2v) is 12.7. The van der Waals surface area contributed by atoms with Crippen molar-refractivity contribution in [2.24, 2.45) is 0 Å². The molecule has 282 valence electrons. The van der Waals surface area contributed by atoms with Gasteiger partial charge in [0.2, 0.25) is 0 Å². The average molecular weight is 697 g/mol. The lowest BCUT2D eigenvalue weighted by atomic mass is 9.99. The van der Waals surface area contributed by atoms with E-state index < -0.39 is 61.3 Å². The Bertz CT molecular complexity index is 963. The van der Waals surface area contributed by atoms with Gasteiger partial charge in [0, 0.05) is 12.8 Å². The monoisotopic (exact) mass is 696 g/mol. The van der Waals surface area contributed by atoms with E-state index in [2.05, 4.69) is 50.3 Å². The van der Waals surface area contributed by atoms with Crippen molar-refractivity contribution in [1.29, 1.82) is 0 Å². The minimum atomic E-state index is -1.86. The highest BCUT2D eigenvalue weighted by Crippen LogP contribution is 2.23. The molecule has 11 heteroatoms. The third kappa shape index (κ3) is 22.0. The molecule has 0 aromatic carbocycles. The Morgan fingerprint density at radius 3 is 1.82 bits per heavy atom. The number of hydrogen-bond acceptors (Lipinski definition) is 10. The largest absolute Gasteiger partial charge is 0.479 e. The number of carboxylic acid groups (broad SMARTS) is 1. The molecular formula is C38H64O11. The number of carbonyl (C=O) groups excluding carboxylic acids is 2. The summed E-state index contributed by atoms with van der Waals surface area (Å²) >= 11 is 0. The summed E-state index contributed by atoms with van der Waals surface area (Å²) in [7, 11) is 0. The summed E-state index contributed by atoms with van der Waals surface area (Å²) in [5, 5.41) is 39.6. The molecule has 1 heterocycles. The molecule has 1 saturated heterocycles. The normalized spacial score (nSPS) is 21.9. The van der Waals surface area contributed by atoms with E-state index in [0.717, 1.165) is 57.8 Å². The lowest BCUT2D eigenvalue weighted by Gasteiger charge is -2.38. The molecule has 0 spiro atoms. The zero-order valence-corrected chi connectivity index (χ0v) is 29.9. The van der Waals surface area contributed by atoms with Crippen LogP contribution < -0.4 is 0 Å². The molecule has 1 aliphatic rings. The zero-order valence-electron chi connectivity index (χ0n) is 29.9. The van der Waals surface area contributed by atoms with Crippen LogP contribution in [0.5, 0.6) is 0 Å². The van der Waals surface area contributed by atoms with Crippen molar-refractivity contribution in [2.75, 3.05) is 13.2 Å². The van der Waals surface area contributed by atoms with Crippen molar-refractivity contribution in [3.8, 4) is 0 Å². The highest BCUT2D eigenvalue weighted by atomic mass is 16.7. The van der Waals surface area contributed by atoms with Crippen LogP contribution in [-0.2, 0) is 33.3 Å². The predicted molar refractivity (Wildman–Crippen MR) is 188 cm³/mol. The number of aliphatic hydroxyl groups excluding tert-OH is 3. The number of allylic oxidation sites excluding steroid dienone is 6. The highest BCUT2D eigenvalue weighted by Gasteiger charge is 2.47. The first-order valence-corrected chi connectivity index (χ1v) is 18.5. The molecule has 0 aliphatic carbocycles. The van der Waals surface area contributed by atoms with Crippen molar-refractivity contribution >= 4 is 17.9 Å². The molecule has 1 rings (SSSR count). The molecular weight excluding hydrogens is 632 g/mol. The topological polar surface area (TPSA) is 169 Å². The lowest BCUT2D eigenvalue weighted by Crippen LogP contribution is -2.60. The minimum Gasteiger partial charge on any atom is -0.479 e. The molecule has 1 aliphatic heterocycles. The van der Waals surface area contributed by atoms with Gasteiger partial charge in [-0.25, -0.2) is 4.79 Å². The summed E-state index contributed by atoms with van der Waals surface area (Å²) in [5.41, 5.74) is 0. The maximum absolute atomic E-state index is 12.6. The molecule has 0 radical (unpaired) electrons. The van der Waals surface area contributed by atoms with E-state index in [1.807, 2.05) is 0 Å².